The number of carboxylic acid groups (broad SMARTS) is 1. The van der Waals surface area contributed by atoms with E-state index in [1.165, 1.54) is 4.90 Å². The summed E-state index contributed by atoms with van der Waals surface area (Å²) < 4.78 is 5.30. The number of likely N-dealkylation sites (tertiary alicyclic amines) is 1. The minimum atomic E-state index is -1.78. The van der Waals surface area contributed by atoms with Crippen molar-refractivity contribution in [3.63, 3.8) is 0 Å². The Morgan fingerprint density at radius 3 is 2.32 bits per heavy atom. The van der Waals surface area contributed by atoms with E-state index in [4.69, 9.17) is 9.84 Å². The Morgan fingerprint density at radius 2 is 1.80 bits per heavy atom. The number of hydrogen-bond acceptors (Lipinski definition) is 5. The van der Waals surface area contributed by atoms with E-state index >= 15 is 0 Å². The van der Waals surface area contributed by atoms with Crippen molar-refractivity contribution in [2.24, 2.45) is 0 Å². The van der Waals surface area contributed by atoms with Gasteiger partial charge in [0.25, 0.3) is 5.91 Å². The fourth-order valence-electron chi connectivity index (χ4n) is 2.58. The zero-order valence-corrected chi connectivity index (χ0v) is 14.0. The van der Waals surface area contributed by atoms with Crippen LogP contribution in [0.4, 0.5) is 0 Å². The number of ether oxygens (including phenoxy) is 1. The van der Waals surface area contributed by atoms with Crippen LogP contribution in [-0.2, 0) is 9.59 Å². The Morgan fingerprint density at radius 1 is 1.20 bits per heavy atom. The second-order valence-corrected chi connectivity index (χ2v) is 5.86. The van der Waals surface area contributed by atoms with Crippen LogP contribution in [0, 0.1) is 0 Å². The van der Waals surface area contributed by atoms with Gasteiger partial charge in [0.1, 0.15) is 5.75 Å². The van der Waals surface area contributed by atoms with E-state index in [2.05, 4.69) is 5.32 Å². The van der Waals surface area contributed by atoms with Gasteiger partial charge in [-0.1, -0.05) is 0 Å². The van der Waals surface area contributed by atoms with E-state index in [-0.39, 0.29) is 44.3 Å². The summed E-state index contributed by atoms with van der Waals surface area (Å²) in [6, 6.07) is 6.58. The first-order valence-electron chi connectivity index (χ1n) is 8.10. The average Bonchev–Trinajstić information content (AvgIpc) is 2.61. The molecule has 1 aromatic carbocycles. The highest BCUT2D eigenvalue weighted by molar-refractivity contribution is 5.96. The maximum Gasteiger partial charge on any atom is 0.335 e. The molecule has 0 saturated carbocycles. The van der Waals surface area contributed by atoms with Gasteiger partial charge in [0.15, 0.2) is 5.60 Å². The molecule has 0 aliphatic carbocycles. The molecule has 1 aromatic rings. The lowest BCUT2D eigenvalue weighted by molar-refractivity contribution is -0.165. The summed E-state index contributed by atoms with van der Waals surface area (Å²) in [6.07, 6.45) is -0.0537. The maximum atomic E-state index is 12.1. The maximum absolute atomic E-state index is 12.1. The van der Waals surface area contributed by atoms with Crippen LogP contribution < -0.4 is 10.1 Å². The van der Waals surface area contributed by atoms with Crippen LogP contribution in [0.3, 0.4) is 0 Å². The third-order valence-corrected chi connectivity index (χ3v) is 4.17. The van der Waals surface area contributed by atoms with Crippen LogP contribution in [0.25, 0.3) is 0 Å². The van der Waals surface area contributed by atoms with Gasteiger partial charge in [0, 0.05) is 31.5 Å². The van der Waals surface area contributed by atoms with Crippen LogP contribution in [0.1, 0.15) is 30.1 Å². The highest BCUT2D eigenvalue weighted by Crippen LogP contribution is 2.22. The number of piperidine rings is 1. The topological polar surface area (TPSA) is 116 Å². The molecule has 1 aliphatic rings. The minimum Gasteiger partial charge on any atom is -0.494 e. The molecule has 2 amide bonds. The summed E-state index contributed by atoms with van der Waals surface area (Å²) in [7, 11) is 0. The lowest BCUT2D eigenvalue weighted by atomic mass is 9.91. The third kappa shape index (κ3) is 4.69. The number of hydrogen-bond donors (Lipinski definition) is 3. The number of carbonyl (C=O) groups excluding carboxylic acids is 2. The van der Waals surface area contributed by atoms with E-state index in [1.54, 1.807) is 24.3 Å². The SMILES string of the molecule is CCOc1ccc(C(=O)NCC(=O)N2CCC(O)(C(=O)O)CC2)cc1. The van der Waals surface area contributed by atoms with Gasteiger partial charge in [-0.2, -0.15) is 0 Å². The van der Waals surface area contributed by atoms with Gasteiger partial charge in [-0.25, -0.2) is 4.79 Å². The van der Waals surface area contributed by atoms with Crippen molar-refractivity contribution < 1.29 is 29.3 Å². The van der Waals surface area contributed by atoms with Crippen molar-refractivity contribution >= 4 is 17.8 Å². The average molecular weight is 350 g/mol. The molecule has 0 spiro atoms. The van der Waals surface area contributed by atoms with Crippen molar-refractivity contribution in [3.8, 4) is 5.75 Å². The van der Waals surface area contributed by atoms with E-state index in [0.717, 1.165) is 0 Å². The Balaban J connectivity index is 1.82. The summed E-state index contributed by atoms with van der Waals surface area (Å²) in [5.74, 6) is -1.31. The molecule has 1 aliphatic heterocycles. The summed E-state index contributed by atoms with van der Waals surface area (Å²) in [6.45, 7) is 2.50. The second kappa shape index (κ2) is 7.98. The Labute approximate surface area is 145 Å². The highest BCUT2D eigenvalue weighted by Gasteiger charge is 2.40. The molecule has 8 nitrogen and oxygen atoms in total. The summed E-state index contributed by atoms with van der Waals surface area (Å²) in [5.41, 5.74) is -1.36. The number of aliphatic carboxylic acids is 1. The monoisotopic (exact) mass is 350 g/mol. The van der Waals surface area contributed by atoms with Crippen LogP contribution >= 0.6 is 0 Å². The quantitative estimate of drug-likeness (QED) is 0.677. The molecule has 25 heavy (non-hydrogen) atoms. The summed E-state index contributed by atoms with van der Waals surface area (Å²) >= 11 is 0. The fourth-order valence-corrected chi connectivity index (χ4v) is 2.58. The molecule has 0 atom stereocenters. The Kier molecular flexibility index (Phi) is 5.97. The first kappa shape index (κ1) is 18.7. The molecule has 0 unspecified atom stereocenters. The number of carboxylic acids is 1. The smallest absolute Gasteiger partial charge is 0.335 e. The third-order valence-electron chi connectivity index (χ3n) is 4.17. The van der Waals surface area contributed by atoms with Crippen molar-refractivity contribution in [2.45, 2.75) is 25.4 Å². The number of benzene rings is 1. The molecule has 2 rings (SSSR count). The molecule has 0 radical (unpaired) electrons. The molecular formula is C17H22N2O6. The van der Waals surface area contributed by atoms with Gasteiger partial charge >= 0.3 is 5.97 Å². The standard InChI is InChI=1S/C17H22N2O6/c1-2-25-13-5-3-12(4-6-13)15(21)18-11-14(20)19-9-7-17(24,8-10-19)16(22)23/h3-6,24H,2,7-11H2,1H3,(H,18,21)(H,22,23). The number of nitrogens with zero attached hydrogens (tertiary/aromatic N) is 1. The van der Waals surface area contributed by atoms with Crippen molar-refractivity contribution in [3.05, 3.63) is 29.8 Å². The predicted molar refractivity (Wildman–Crippen MR) is 88.3 cm³/mol. The van der Waals surface area contributed by atoms with Gasteiger partial charge in [0.2, 0.25) is 5.91 Å². The van der Waals surface area contributed by atoms with Gasteiger partial charge in [-0.05, 0) is 31.2 Å². The van der Waals surface area contributed by atoms with E-state index in [9.17, 15) is 19.5 Å². The normalized spacial score (nSPS) is 16.2. The van der Waals surface area contributed by atoms with E-state index < -0.39 is 11.6 Å². The molecular weight excluding hydrogens is 328 g/mol. The molecule has 136 valence electrons. The van der Waals surface area contributed by atoms with E-state index in [0.29, 0.717) is 17.9 Å². The highest BCUT2D eigenvalue weighted by atomic mass is 16.5. The Hall–Kier alpha value is -2.61. The van der Waals surface area contributed by atoms with Crippen molar-refractivity contribution in [1.29, 1.82) is 0 Å². The van der Waals surface area contributed by atoms with Crippen molar-refractivity contribution in [2.75, 3.05) is 26.2 Å². The van der Waals surface area contributed by atoms with Gasteiger partial charge < -0.3 is 25.2 Å². The zero-order chi connectivity index (χ0) is 18.4. The van der Waals surface area contributed by atoms with Crippen LogP contribution in [0.15, 0.2) is 24.3 Å². The van der Waals surface area contributed by atoms with Crippen LogP contribution in [0.5, 0.6) is 5.75 Å². The first-order valence-corrected chi connectivity index (χ1v) is 8.10. The van der Waals surface area contributed by atoms with Crippen LogP contribution in [-0.4, -0.2) is 64.7 Å². The number of aliphatic hydroxyl groups is 1. The lowest BCUT2D eigenvalue weighted by Crippen LogP contribution is -2.52. The lowest BCUT2D eigenvalue weighted by Gasteiger charge is -2.35. The molecule has 3 N–H and O–H groups in total. The van der Waals surface area contributed by atoms with Crippen molar-refractivity contribution in [1.82, 2.24) is 10.2 Å². The predicted octanol–water partition coefficient (Wildman–Crippen LogP) is 0.253. The molecule has 1 fully saturated rings. The molecule has 0 bridgehead atoms. The summed E-state index contributed by atoms with van der Waals surface area (Å²) in [5, 5.41) is 21.4. The van der Waals surface area contributed by atoms with E-state index in [1.807, 2.05) is 6.92 Å². The zero-order valence-electron chi connectivity index (χ0n) is 14.0. The second-order valence-electron chi connectivity index (χ2n) is 5.86. The van der Waals surface area contributed by atoms with Gasteiger partial charge in [-0.15, -0.1) is 0 Å². The number of nitrogens with one attached hydrogen (secondary N) is 1. The molecule has 8 heteroatoms. The van der Waals surface area contributed by atoms with Crippen LogP contribution in [0.2, 0.25) is 0 Å². The fraction of sp³-hybridized carbons (Fsp3) is 0.471. The molecule has 1 saturated heterocycles. The first-order chi connectivity index (χ1) is 11.9. The summed E-state index contributed by atoms with van der Waals surface area (Å²) in [4.78, 5) is 36.6. The molecule has 0 aromatic heterocycles. The van der Waals surface area contributed by atoms with Gasteiger partial charge in [-0.3, -0.25) is 9.59 Å². The Bertz CT molecular complexity index is 635. The number of carbonyl (C=O) groups is 3. The van der Waals surface area contributed by atoms with Gasteiger partial charge in [0.05, 0.1) is 13.2 Å². The molecule has 1 heterocycles. The number of rotatable bonds is 6. The largest absolute Gasteiger partial charge is 0.494 e. The minimum absolute atomic E-state index is 0.0269. The number of amides is 2.